The fraction of sp³-hybridized carbons (Fsp3) is 0.367. The molecule has 340 valence electrons. The fourth-order valence-electron chi connectivity index (χ4n) is 11.0. The normalized spacial score (nSPS) is 19.4. The van der Waals surface area contributed by atoms with Gasteiger partial charge in [-0.25, -0.2) is 0 Å². The highest BCUT2D eigenvalue weighted by atomic mass is 32.2. The van der Waals surface area contributed by atoms with Gasteiger partial charge in [0.1, 0.15) is 11.5 Å². The molecule has 0 heterocycles. The molecular formula is C60H64O4S2. The lowest BCUT2D eigenvalue weighted by molar-refractivity contribution is 0.0969. The fourth-order valence-corrected chi connectivity index (χ4v) is 12.9. The Balaban J connectivity index is 0.870. The van der Waals surface area contributed by atoms with E-state index in [1.165, 1.54) is 150 Å². The zero-order valence-corrected chi connectivity index (χ0v) is 40.3. The largest absolute Gasteiger partial charge is 0.507 e. The summed E-state index contributed by atoms with van der Waals surface area (Å²) in [6.45, 7) is 4.57. The molecule has 0 atom stereocenters. The highest BCUT2D eigenvalue weighted by Crippen LogP contribution is 2.47. The molecule has 0 radical (unpaired) electrons. The maximum Gasteiger partial charge on any atom is 0.202 e. The van der Waals surface area contributed by atoms with Crippen LogP contribution in [0.2, 0.25) is 0 Å². The van der Waals surface area contributed by atoms with Crippen LogP contribution in [0.4, 0.5) is 0 Å². The van der Waals surface area contributed by atoms with Gasteiger partial charge in [0.05, 0.1) is 22.3 Å². The lowest BCUT2D eigenvalue weighted by Gasteiger charge is -2.29. The van der Waals surface area contributed by atoms with E-state index in [-0.39, 0.29) is 39.5 Å². The van der Waals surface area contributed by atoms with E-state index in [0.717, 1.165) is 43.9 Å². The summed E-state index contributed by atoms with van der Waals surface area (Å²) in [5, 5.41) is 22.1. The van der Waals surface area contributed by atoms with Crippen LogP contribution in [0.3, 0.4) is 0 Å². The van der Waals surface area contributed by atoms with E-state index in [4.69, 9.17) is 0 Å². The van der Waals surface area contributed by atoms with Crippen LogP contribution in [-0.4, -0.2) is 21.8 Å². The van der Waals surface area contributed by atoms with Gasteiger partial charge in [-0.3, -0.25) is 9.59 Å². The average molecular weight is 913 g/mol. The SMILES string of the molecule is CCCCCC1CCC(c2ccc(-c3ccc(Sc4ccc(O)c5c4C(=O)c4c(Sc6ccc(-c7ccc(C8CCC(CCCCC)CC8)cc7)cc6)ccc(O)c4C5=O)cc3)cc2)CC1. The first-order valence-corrected chi connectivity index (χ1v) is 26.5. The van der Waals surface area contributed by atoms with Crippen molar-refractivity contribution in [1.29, 1.82) is 0 Å². The van der Waals surface area contributed by atoms with Crippen LogP contribution in [0.25, 0.3) is 22.3 Å². The van der Waals surface area contributed by atoms with Gasteiger partial charge < -0.3 is 10.2 Å². The van der Waals surface area contributed by atoms with Gasteiger partial charge in [0.25, 0.3) is 0 Å². The van der Waals surface area contributed by atoms with Crippen LogP contribution in [0.1, 0.15) is 171 Å². The minimum atomic E-state index is -0.558. The van der Waals surface area contributed by atoms with Crippen LogP contribution in [0, 0.1) is 11.8 Å². The number of phenolic OH excluding ortho intramolecular Hbond substituents is 2. The van der Waals surface area contributed by atoms with Crippen LogP contribution in [-0.2, 0) is 0 Å². The lowest BCUT2D eigenvalue weighted by atomic mass is 9.77. The summed E-state index contributed by atoms with van der Waals surface area (Å²) >= 11 is 2.79. The number of carbonyl (C=O) groups is 2. The zero-order chi connectivity index (χ0) is 45.6. The van der Waals surface area contributed by atoms with Crippen molar-refractivity contribution in [2.24, 2.45) is 11.8 Å². The number of phenols is 2. The Kier molecular flexibility index (Phi) is 14.9. The quantitative estimate of drug-likeness (QED) is 0.0941. The van der Waals surface area contributed by atoms with E-state index >= 15 is 0 Å². The molecule has 9 rings (SSSR count). The minimum Gasteiger partial charge on any atom is -0.507 e. The molecule has 0 unspecified atom stereocenters. The van der Waals surface area contributed by atoms with E-state index in [0.29, 0.717) is 21.6 Å². The zero-order valence-electron chi connectivity index (χ0n) is 38.7. The molecule has 2 saturated carbocycles. The summed E-state index contributed by atoms with van der Waals surface area (Å²) < 4.78 is 0. The van der Waals surface area contributed by atoms with Crippen LogP contribution >= 0.6 is 23.5 Å². The molecule has 3 aliphatic carbocycles. The maximum atomic E-state index is 14.7. The highest BCUT2D eigenvalue weighted by molar-refractivity contribution is 7.99. The summed E-state index contributed by atoms with van der Waals surface area (Å²) in [5.74, 6) is 1.60. The molecule has 0 spiro atoms. The lowest BCUT2D eigenvalue weighted by Crippen LogP contribution is -2.23. The number of benzene rings is 6. The van der Waals surface area contributed by atoms with Gasteiger partial charge in [-0.2, -0.15) is 0 Å². The van der Waals surface area contributed by atoms with Crippen molar-refractivity contribution < 1.29 is 19.8 Å². The first-order chi connectivity index (χ1) is 32.3. The second-order valence-corrected chi connectivity index (χ2v) is 21.5. The van der Waals surface area contributed by atoms with Crippen molar-refractivity contribution in [3.05, 3.63) is 155 Å². The first-order valence-electron chi connectivity index (χ1n) is 24.9. The molecule has 2 fully saturated rings. The Bertz CT molecular complexity index is 2430. The summed E-state index contributed by atoms with van der Waals surface area (Å²) in [4.78, 5) is 31.8. The Morgan fingerprint density at radius 2 is 0.742 bits per heavy atom. The van der Waals surface area contributed by atoms with Crippen LogP contribution < -0.4 is 0 Å². The van der Waals surface area contributed by atoms with Gasteiger partial charge in [-0.15, -0.1) is 0 Å². The third kappa shape index (κ3) is 10.3. The molecule has 66 heavy (non-hydrogen) atoms. The number of rotatable bonds is 16. The third-order valence-corrected chi connectivity index (χ3v) is 17.1. The van der Waals surface area contributed by atoms with Gasteiger partial charge in [-0.05, 0) is 157 Å². The smallest absolute Gasteiger partial charge is 0.202 e. The van der Waals surface area contributed by atoms with E-state index in [9.17, 15) is 19.8 Å². The first kappa shape index (κ1) is 46.1. The number of carbonyl (C=O) groups excluding carboxylic acids is 2. The summed E-state index contributed by atoms with van der Waals surface area (Å²) in [6, 6.07) is 41.1. The Hall–Kier alpha value is -5.04. The monoisotopic (exact) mass is 912 g/mol. The van der Waals surface area contributed by atoms with Gasteiger partial charge in [0, 0.05) is 19.6 Å². The topological polar surface area (TPSA) is 74.6 Å². The standard InChI is InChI=1S/C60H64O4S2/c1-3-5-7-9-39-11-15-41(16-12-39)43-19-23-45(24-20-43)47-27-31-49(32-28-47)65-53-37-35-51(61)55-57(53)60(64)58-54(38-36-52(62)56(58)59(55)63)66-50-33-29-48(30-34-50)46-25-21-44(22-26-46)42-17-13-40(14-18-42)10-8-6-4-2/h19-42,61-62H,3-18H2,1-2H3. The summed E-state index contributed by atoms with van der Waals surface area (Å²) in [5.41, 5.74) is 7.64. The van der Waals surface area contributed by atoms with E-state index < -0.39 is 5.78 Å². The predicted octanol–water partition coefficient (Wildman–Crippen LogP) is 17.2. The molecular weight excluding hydrogens is 849 g/mol. The van der Waals surface area contributed by atoms with Crippen LogP contribution in [0.5, 0.6) is 11.5 Å². The van der Waals surface area contributed by atoms with Crippen LogP contribution in [0.15, 0.2) is 141 Å². The Morgan fingerprint density at radius 1 is 0.409 bits per heavy atom. The molecule has 6 aromatic carbocycles. The number of aromatic hydroxyl groups is 2. The Morgan fingerprint density at radius 3 is 1.09 bits per heavy atom. The van der Waals surface area contributed by atoms with Gasteiger partial charge in [0.15, 0.2) is 5.78 Å². The van der Waals surface area contributed by atoms with Crippen molar-refractivity contribution in [3.8, 4) is 33.8 Å². The van der Waals surface area contributed by atoms with E-state index in [1.54, 1.807) is 12.1 Å². The molecule has 2 N–H and O–H groups in total. The predicted molar refractivity (Wildman–Crippen MR) is 273 cm³/mol. The van der Waals surface area contributed by atoms with Gasteiger partial charge in [0.2, 0.25) is 5.78 Å². The molecule has 0 bridgehead atoms. The molecule has 3 aliphatic rings. The number of hydrogen-bond donors (Lipinski definition) is 2. The molecule has 4 nitrogen and oxygen atoms in total. The van der Waals surface area contributed by atoms with E-state index in [1.807, 2.05) is 24.3 Å². The molecule has 6 aromatic rings. The van der Waals surface area contributed by atoms with Crippen molar-refractivity contribution in [3.63, 3.8) is 0 Å². The van der Waals surface area contributed by atoms with Crippen molar-refractivity contribution in [1.82, 2.24) is 0 Å². The number of unbranched alkanes of at least 4 members (excludes halogenated alkanes) is 4. The molecule has 0 aromatic heterocycles. The number of ketones is 2. The molecule has 0 amide bonds. The second-order valence-electron chi connectivity index (χ2n) is 19.2. The highest BCUT2D eigenvalue weighted by Gasteiger charge is 2.38. The third-order valence-electron chi connectivity index (χ3n) is 14.9. The van der Waals surface area contributed by atoms with Crippen molar-refractivity contribution >= 4 is 35.1 Å². The number of hydrogen-bond acceptors (Lipinski definition) is 6. The molecule has 6 heteroatoms. The summed E-state index contributed by atoms with van der Waals surface area (Å²) in [7, 11) is 0. The molecule has 0 aliphatic heterocycles. The average Bonchev–Trinajstić information content (AvgIpc) is 3.35. The maximum absolute atomic E-state index is 14.7. The molecule has 0 saturated heterocycles. The second kappa shape index (κ2) is 21.3. The summed E-state index contributed by atoms with van der Waals surface area (Å²) in [6.07, 6.45) is 21.4. The number of fused-ring (bicyclic) bond motifs is 2. The Labute approximate surface area is 401 Å². The van der Waals surface area contributed by atoms with Gasteiger partial charge in [-0.1, -0.05) is 162 Å². The van der Waals surface area contributed by atoms with Crippen molar-refractivity contribution in [2.75, 3.05) is 0 Å². The minimum absolute atomic E-state index is 0.0675. The van der Waals surface area contributed by atoms with Gasteiger partial charge >= 0.3 is 0 Å². The van der Waals surface area contributed by atoms with E-state index in [2.05, 4.69) is 86.6 Å². The van der Waals surface area contributed by atoms with Crippen molar-refractivity contribution in [2.45, 2.75) is 148 Å².